The Bertz CT molecular complexity index is 1500. The summed E-state index contributed by atoms with van der Waals surface area (Å²) >= 11 is 7.03. The number of non-ortho nitro benzene ring substituents is 1. The number of imide groups is 1. The van der Waals surface area contributed by atoms with Gasteiger partial charge in [0.25, 0.3) is 16.8 Å². The van der Waals surface area contributed by atoms with Gasteiger partial charge in [0, 0.05) is 23.8 Å². The highest BCUT2D eigenvalue weighted by atomic mass is 35.5. The molecular weight excluding hydrogens is 476 g/mol. The molecule has 0 aliphatic carbocycles. The third kappa shape index (κ3) is 4.09. The van der Waals surface area contributed by atoms with Crippen LogP contribution in [-0.4, -0.2) is 21.0 Å². The topological polar surface area (TPSA) is 93.7 Å². The van der Waals surface area contributed by atoms with Crippen LogP contribution >= 0.6 is 23.4 Å². The van der Waals surface area contributed by atoms with Crippen molar-refractivity contribution in [1.29, 1.82) is 0 Å². The van der Waals surface area contributed by atoms with Gasteiger partial charge in [0.1, 0.15) is 11.5 Å². The number of halogens is 1. The molecule has 1 aliphatic rings. The monoisotopic (exact) mass is 490 g/mol. The highest BCUT2D eigenvalue weighted by molar-refractivity contribution is 8.18. The Morgan fingerprint density at radius 1 is 1.03 bits per heavy atom. The maximum absolute atomic E-state index is 13.0. The Kier molecular flexibility index (Phi) is 5.69. The number of hydrogen-bond donors (Lipinski definition) is 0. The van der Waals surface area contributed by atoms with Gasteiger partial charge in [-0.05, 0) is 46.3 Å². The van der Waals surface area contributed by atoms with E-state index in [0.29, 0.717) is 17.1 Å². The summed E-state index contributed by atoms with van der Waals surface area (Å²) in [6.07, 6.45) is 1.51. The minimum Gasteiger partial charge on any atom is -0.457 e. The summed E-state index contributed by atoms with van der Waals surface area (Å²) in [7, 11) is 0. The van der Waals surface area contributed by atoms with E-state index in [4.69, 9.17) is 16.0 Å². The molecule has 1 fully saturated rings. The average molecular weight is 491 g/mol. The second kappa shape index (κ2) is 8.81. The van der Waals surface area contributed by atoms with Crippen LogP contribution in [-0.2, 0) is 11.3 Å². The van der Waals surface area contributed by atoms with Gasteiger partial charge in [-0.25, -0.2) is 0 Å². The number of hydrogen-bond acceptors (Lipinski definition) is 6. The van der Waals surface area contributed by atoms with E-state index in [-0.39, 0.29) is 27.4 Å². The Morgan fingerprint density at radius 2 is 1.82 bits per heavy atom. The van der Waals surface area contributed by atoms with Crippen LogP contribution in [0.15, 0.2) is 82.1 Å². The molecule has 1 aliphatic heterocycles. The number of amides is 2. The van der Waals surface area contributed by atoms with E-state index in [1.54, 1.807) is 12.1 Å². The lowest BCUT2D eigenvalue weighted by atomic mass is 10.0. The van der Waals surface area contributed by atoms with Crippen LogP contribution in [0.1, 0.15) is 11.3 Å². The predicted octanol–water partition coefficient (Wildman–Crippen LogP) is 6.90. The number of furan rings is 1. The molecule has 0 N–H and O–H groups in total. The molecule has 168 valence electrons. The van der Waals surface area contributed by atoms with Crippen LogP contribution in [0.25, 0.3) is 28.2 Å². The molecule has 0 radical (unpaired) electrons. The van der Waals surface area contributed by atoms with Gasteiger partial charge in [-0.15, -0.1) is 0 Å². The summed E-state index contributed by atoms with van der Waals surface area (Å²) in [4.78, 5) is 37.4. The van der Waals surface area contributed by atoms with Crippen LogP contribution in [0.2, 0.25) is 5.02 Å². The first kappa shape index (κ1) is 21.9. The molecule has 34 heavy (non-hydrogen) atoms. The smallest absolute Gasteiger partial charge is 0.293 e. The number of thioether (sulfide) groups is 1. The molecule has 2 heterocycles. The molecule has 4 aromatic rings. The zero-order valence-electron chi connectivity index (χ0n) is 17.4. The summed E-state index contributed by atoms with van der Waals surface area (Å²) in [6, 6.07) is 21.0. The fraction of sp³-hybridized carbons (Fsp3) is 0.0400. The number of fused-ring (bicyclic) bond motifs is 1. The minimum absolute atomic E-state index is 0.125. The SMILES string of the molecule is O=C1S/C(=C\c2ccc(-c3ccc([N+](=O)[O-])cc3Cl)o2)C(=O)N1Cc1cccc2ccccc12. The molecule has 0 unspecified atom stereocenters. The molecule has 1 aromatic heterocycles. The van der Waals surface area contributed by atoms with E-state index in [2.05, 4.69) is 0 Å². The van der Waals surface area contributed by atoms with Crippen molar-refractivity contribution in [1.82, 2.24) is 4.90 Å². The van der Waals surface area contributed by atoms with Crippen molar-refractivity contribution in [3.8, 4) is 11.3 Å². The second-order valence-corrected chi connectivity index (χ2v) is 8.93. The van der Waals surface area contributed by atoms with Gasteiger partial charge in [0.05, 0.1) is 21.4 Å². The van der Waals surface area contributed by atoms with E-state index in [1.807, 2.05) is 42.5 Å². The van der Waals surface area contributed by atoms with E-state index in [9.17, 15) is 19.7 Å². The minimum atomic E-state index is -0.530. The Hall–Kier alpha value is -3.88. The highest BCUT2D eigenvalue weighted by Gasteiger charge is 2.35. The number of carbonyl (C=O) groups excluding carboxylic acids is 2. The van der Waals surface area contributed by atoms with Crippen molar-refractivity contribution < 1.29 is 18.9 Å². The lowest BCUT2D eigenvalue weighted by molar-refractivity contribution is -0.384. The summed E-state index contributed by atoms with van der Waals surface area (Å²) in [5, 5.41) is 12.8. The van der Waals surface area contributed by atoms with Gasteiger partial charge in [0.15, 0.2) is 0 Å². The van der Waals surface area contributed by atoms with Crippen molar-refractivity contribution in [2.45, 2.75) is 6.54 Å². The zero-order chi connectivity index (χ0) is 23.8. The number of carbonyl (C=O) groups is 2. The van der Waals surface area contributed by atoms with Gasteiger partial charge >= 0.3 is 0 Å². The van der Waals surface area contributed by atoms with E-state index in [1.165, 1.54) is 29.2 Å². The number of nitro groups is 1. The van der Waals surface area contributed by atoms with Gasteiger partial charge < -0.3 is 4.42 Å². The summed E-state index contributed by atoms with van der Waals surface area (Å²) < 4.78 is 5.78. The normalized spacial score (nSPS) is 15.0. The van der Waals surface area contributed by atoms with Crippen molar-refractivity contribution in [3.63, 3.8) is 0 Å². The number of nitrogens with zero attached hydrogens (tertiary/aromatic N) is 2. The first-order chi connectivity index (χ1) is 16.4. The van der Waals surface area contributed by atoms with E-state index < -0.39 is 10.8 Å². The summed E-state index contributed by atoms with van der Waals surface area (Å²) in [5.41, 5.74) is 1.24. The van der Waals surface area contributed by atoms with Crippen molar-refractivity contribution in [3.05, 3.63) is 104 Å². The van der Waals surface area contributed by atoms with E-state index >= 15 is 0 Å². The zero-order valence-corrected chi connectivity index (χ0v) is 19.0. The average Bonchev–Trinajstić information content (AvgIpc) is 3.39. The Labute approximate surface area is 202 Å². The second-order valence-electron chi connectivity index (χ2n) is 7.53. The predicted molar refractivity (Wildman–Crippen MR) is 131 cm³/mol. The first-order valence-electron chi connectivity index (χ1n) is 10.2. The number of nitro benzene ring substituents is 1. The van der Waals surface area contributed by atoms with Crippen molar-refractivity contribution in [2.75, 3.05) is 0 Å². The lowest BCUT2D eigenvalue weighted by Gasteiger charge is -2.14. The van der Waals surface area contributed by atoms with Crippen LogP contribution in [0.3, 0.4) is 0 Å². The van der Waals surface area contributed by atoms with Crippen molar-refractivity contribution in [2.24, 2.45) is 0 Å². The third-order valence-electron chi connectivity index (χ3n) is 5.41. The van der Waals surface area contributed by atoms with Crippen LogP contribution < -0.4 is 0 Å². The Balaban J connectivity index is 1.38. The molecule has 0 spiro atoms. The summed E-state index contributed by atoms with van der Waals surface area (Å²) in [6.45, 7) is 0.172. The fourth-order valence-electron chi connectivity index (χ4n) is 3.76. The lowest BCUT2D eigenvalue weighted by Crippen LogP contribution is -2.27. The van der Waals surface area contributed by atoms with Crippen LogP contribution in [0.5, 0.6) is 0 Å². The van der Waals surface area contributed by atoms with Gasteiger partial charge in [-0.3, -0.25) is 24.6 Å². The maximum Gasteiger partial charge on any atom is 0.293 e. The van der Waals surface area contributed by atoms with E-state index in [0.717, 1.165) is 28.1 Å². The molecule has 7 nitrogen and oxygen atoms in total. The molecule has 5 rings (SSSR count). The quantitative estimate of drug-likeness (QED) is 0.171. The van der Waals surface area contributed by atoms with Gasteiger partial charge in [-0.1, -0.05) is 54.1 Å². The molecule has 1 saturated heterocycles. The molecular formula is C25H15ClN2O5S. The fourth-order valence-corrected chi connectivity index (χ4v) is 4.85. The van der Waals surface area contributed by atoms with Crippen LogP contribution in [0.4, 0.5) is 10.5 Å². The summed E-state index contributed by atoms with van der Waals surface area (Å²) in [5.74, 6) is 0.357. The van der Waals surface area contributed by atoms with Gasteiger partial charge in [-0.2, -0.15) is 0 Å². The maximum atomic E-state index is 13.0. The highest BCUT2D eigenvalue weighted by Crippen LogP contribution is 2.36. The molecule has 0 atom stereocenters. The largest absolute Gasteiger partial charge is 0.457 e. The molecule has 0 bridgehead atoms. The Morgan fingerprint density at radius 3 is 2.62 bits per heavy atom. The molecule has 9 heteroatoms. The number of rotatable bonds is 5. The van der Waals surface area contributed by atoms with Crippen LogP contribution in [0, 0.1) is 10.1 Å². The van der Waals surface area contributed by atoms with Crippen molar-refractivity contribution >= 4 is 57.0 Å². The number of benzene rings is 3. The third-order valence-corrected chi connectivity index (χ3v) is 6.63. The first-order valence-corrected chi connectivity index (χ1v) is 11.4. The molecule has 3 aromatic carbocycles. The molecule has 2 amide bonds. The van der Waals surface area contributed by atoms with Gasteiger partial charge in [0.2, 0.25) is 0 Å². The standard InChI is InChI=1S/C25H15ClN2O5S/c26-21-12-17(28(31)32)8-10-20(21)22-11-9-18(33-22)13-23-24(29)27(25(30)34-23)14-16-6-3-5-15-4-1-2-7-19(15)16/h1-13H,14H2/b23-13-. The molecule has 0 saturated carbocycles.